The summed E-state index contributed by atoms with van der Waals surface area (Å²) in [5.74, 6) is 0. The minimum Gasteiger partial charge on any atom is -0.389 e. The van der Waals surface area contributed by atoms with Crippen LogP contribution in [0, 0.1) is 0 Å². The van der Waals surface area contributed by atoms with Crippen molar-refractivity contribution in [3.8, 4) is 0 Å². The summed E-state index contributed by atoms with van der Waals surface area (Å²) in [7, 11) is 0. The molecule has 1 atom stereocenters. The number of hydrogen-bond acceptors (Lipinski definition) is 1. The second-order valence-corrected chi connectivity index (χ2v) is 3.75. The van der Waals surface area contributed by atoms with Gasteiger partial charge in [-0.1, -0.05) is 50.0 Å². The quantitative estimate of drug-likeness (QED) is 0.644. The first kappa shape index (κ1) is 10.5. The Balaban J connectivity index is 2.12. The first-order valence-electron chi connectivity index (χ1n) is 5.38. The molecule has 74 valence electrons. The van der Waals surface area contributed by atoms with Crippen molar-refractivity contribution in [3.63, 3.8) is 0 Å². The SMILES string of the molecule is CCCCCCC1=CCC(O)C=C1. The molecule has 0 bridgehead atoms. The highest BCUT2D eigenvalue weighted by Gasteiger charge is 2.03. The Bertz CT molecular complexity index is 191. The first-order valence-corrected chi connectivity index (χ1v) is 5.38. The van der Waals surface area contributed by atoms with Crippen molar-refractivity contribution in [2.24, 2.45) is 0 Å². The van der Waals surface area contributed by atoms with Crippen molar-refractivity contribution in [2.75, 3.05) is 0 Å². The van der Waals surface area contributed by atoms with Gasteiger partial charge in [0, 0.05) is 0 Å². The fourth-order valence-electron chi connectivity index (χ4n) is 1.59. The van der Waals surface area contributed by atoms with E-state index in [2.05, 4.69) is 19.1 Å². The second kappa shape index (κ2) is 5.98. The topological polar surface area (TPSA) is 20.2 Å². The second-order valence-electron chi connectivity index (χ2n) is 3.75. The van der Waals surface area contributed by atoms with Crippen LogP contribution in [0.25, 0.3) is 0 Å². The Morgan fingerprint density at radius 3 is 2.85 bits per heavy atom. The molecule has 0 saturated heterocycles. The van der Waals surface area contributed by atoms with Crippen LogP contribution in [-0.2, 0) is 0 Å². The molecule has 1 heteroatoms. The predicted molar refractivity (Wildman–Crippen MR) is 56.6 cm³/mol. The summed E-state index contributed by atoms with van der Waals surface area (Å²) >= 11 is 0. The van der Waals surface area contributed by atoms with Crippen molar-refractivity contribution >= 4 is 0 Å². The van der Waals surface area contributed by atoms with Crippen molar-refractivity contribution in [3.05, 3.63) is 23.8 Å². The first-order chi connectivity index (χ1) is 6.33. The van der Waals surface area contributed by atoms with Gasteiger partial charge in [0.05, 0.1) is 6.10 Å². The third-order valence-corrected chi connectivity index (χ3v) is 2.47. The molecule has 0 fully saturated rings. The van der Waals surface area contributed by atoms with Gasteiger partial charge in [0.25, 0.3) is 0 Å². The Morgan fingerprint density at radius 1 is 1.38 bits per heavy atom. The average molecular weight is 180 g/mol. The van der Waals surface area contributed by atoms with Crippen LogP contribution in [0.1, 0.15) is 45.4 Å². The lowest BCUT2D eigenvalue weighted by Gasteiger charge is -2.10. The van der Waals surface area contributed by atoms with Crippen LogP contribution < -0.4 is 0 Å². The fraction of sp³-hybridized carbons (Fsp3) is 0.667. The van der Waals surface area contributed by atoms with E-state index in [0.717, 1.165) is 6.42 Å². The maximum Gasteiger partial charge on any atom is 0.0758 e. The molecule has 1 N–H and O–H groups in total. The van der Waals surface area contributed by atoms with Crippen molar-refractivity contribution in [1.82, 2.24) is 0 Å². The van der Waals surface area contributed by atoms with Crippen LogP contribution in [-0.4, -0.2) is 11.2 Å². The molecule has 1 nitrogen and oxygen atoms in total. The van der Waals surface area contributed by atoms with E-state index in [4.69, 9.17) is 0 Å². The van der Waals surface area contributed by atoms with E-state index >= 15 is 0 Å². The van der Waals surface area contributed by atoms with Gasteiger partial charge in [0.1, 0.15) is 0 Å². The van der Waals surface area contributed by atoms with E-state index in [0.29, 0.717) is 0 Å². The number of aliphatic hydroxyl groups excluding tert-OH is 1. The van der Waals surface area contributed by atoms with Crippen molar-refractivity contribution < 1.29 is 5.11 Å². The number of aliphatic hydroxyl groups is 1. The Kier molecular flexibility index (Phi) is 4.84. The highest BCUT2D eigenvalue weighted by molar-refractivity contribution is 5.23. The van der Waals surface area contributed by atoms with Gasteiger partial charge >= 0.3 is 0 Å². The molecule has 0 aromatic heterocycles. The third kappa shape index (κ3) is 4.28. The maximum atomic E-state index is 9.21. The predicted octanol–water partition coefficient (Wildman–Crippen LogP) is 3.20. The van der Waals surface area contributed by atoms with Crippen LogP contribution in [0.4, 0.5) is 0 Å². The maximum absolute atomic E-state index is 9.21. The number of allylic oxidation sites excluding steroid dienone is 2. The molecule has 0 aliphatic heterocycles. The molecule has 0 amide bonds. The molecule has 0 spiro atoms. The van der Waals surface area contributed by atoms with Gasteiger partial charge < -0.3 is 5.11 Å². The largest absolute Gasteiger partial charge is 0.389 e. The minimum atomic E-state index is -0.237. The van der Waals surface area contributed by atoms with E-state index in [1.807, 2.05) is 6.08 Å². The van der Waals surface area contributed by atoms with Crippen molar-refractivity contribution in [2.45, 2.75) is 51.6 Å². The van der Waals surface area contributed by atoms with Gasteiger partial charge in [0.15, 0.2) is 0 Å². The molecule has 0 aromatic rings. The summed E-state index contributed by atoms with van der Waals surface area (Å²) in [6.45, 7) is 2.23. The van der Waals surface area contributed by atoms with Gasteiger partial charge in [-0.15, -0.1) is 0 Å². The van der Waals surface area contributed by atoms with Gasteiger partial charge in [0.2, 0.25) is 0 Å². The highest BCUT2D eigenvalue weighted by atomic mass is 16.3. The molecule has 0 aromatic carbocycles. The van der Waals surface area contributed by atoms with Gasteiger partial charge in [-0.25, -0.2) is 0 Å². The van der Waals surface area contributed by atoms with Crippen LogP contribution in [0.2, 0.25) is 0 Å². The zero-order valence-corrected chi connectivity index (χ0v) is 8.50. The van der Waals surface area contributed by atoms with E-state index in [1.54, 1.807) is 0 Å². The normalized spacial score (nSPS) is 21.7. The molecular weight excluding hydrogens is 160 g/mol. The smallest absolute Gasteiger partial charge is 0.0758 e. The monoisotopic (exact) mass is 180 g/mol. The zero-order chi connectivity index (χ0) is 9.52. The van der Waals surface area contributed by atoms with E-state index < -0.39 is 0 Å². The van der Waals surface area contributed by atoms with E-state index in [9.17, 15) is 5.11 Å². The molecular formula is C12H20O. The number of rotatable bonds is 5. The summed E-state index contributed by atoms with van der Waals surface area (Å²) in [6, 6.07) is 0. The Morgan fingerprint density at radius 2 is 2.23 bits per heavy atom. The van der Waals surface area contributed by atoms with Crippen LogP contribution >= 0.6 is 0 Å². The standard InChI is InChI=1S/C12H20O/c1-2-3-4-5-6-11-7-9-12(13)10-8-11/h7-9,12-13H,2-6,10H2,1H3. The van der Waals surface area contributed by atoms with Gasteiger partial charge in [-0.2, -0.15) is 0 Å². The average Bonchev–Trinajstić information content (AvgIpc) is 2.15. The van der Waals surface area contributed by atoms with Crippen LogP contribution in [0.15, 0.2) is 23.8 Å². The van der Waals surface area contributed by atoms with E-state index in [1.165, 1.54) is 37.7 Å². The lowest BCUT2D eigenvalue weighted by atomic mass is 10.00. The van der Waals surface area contributed by atoms with Gasteiger partial charge in [-0.3, -0.25) is 0 Å². The van der Waals surface area contributed by atoms with Crippen molar-refractivity contribution in [1.29, 1.82) is 0 Å². The Labute approximate surface area is 81.2 Å². The molecule has 13 heavy (non-hydrogen) atoms. The zero-order valence-electron chi connectivity index (χ0n) is 8.50. The lowest BCUT2D eigenvalue weighted by Crippen LogP contribution is -2.03. The van der Waals surface area contributed by atoms with Gasteiger partial charge in [-0.05, 0) is 19.3 Å². The molecule has 0 radical (unpaired) electrons. The van der Waals surface area contributed by atoms with Crippen LogP contribution in [0.5, 0.6) is 0 Å². The molecule has 0 heterocycles. The molecule has 1 aliphatic rings. The summed E-state index contributed by atoms with van der Waals surface area (Å²) in [5.41, 5.74) is 1.40. The Hall–Kier alpha value is -0.560. The summed E-state index contributed by atoms with van der Waals surface area (Å²) in [6.07, 6.45) is 13.2. The minimum absolute atomic E-state index is 0.237. The molecule has 1 rings (SSSR count). The summed E-state index contributed by atoms with van der Waals surface area (Å²) < 4.78 is 0. The molecule has 0 saturated carbocycles. The third-order valence-electron chi connectivity index (χ3n) is 2.47. The fourth-order valence-corrected chi connectivity index (χ4v) is 1.59. The number of unbranched alkanes of at least 4 members (excludes halogenated alkanes) is 3. The number of hydrogen-bond donors (Lipinski definition) is 1. The highest BCUT2D eigenvalue weighted by Crippen LogP contribution is 2.16. The summed E-state index contributed by atoms with van der Waals surface area (Å²) in [5, 5.41) is 9.21. The lowest BCUT2D eigenvalue weighted by molar-refractivity contribution is 0.225. The summed E-state index contributed by atoms with van der Waals surface area (Å²) in [4.78, 5) is 0. The molecule has 1 aliphatic carbocycles. The van der Waals surface area contributed by atoms with Crippen LogP contribution in [0.3, 0.4) is 0 Å². The van der Waals surface area contributed by atoms with E-state index in [-0.39, 0.29) is 6.10 Å². The molecule has 1 unspecified atom stereocenters.